The molecule has 1 saturated carbocycles. The second-order valence-electron chi connectivity index (χ2n) is 5.68. The molecule has 0 aromatic carbocycles. The van der Waals surface area contributed by atoms with Crippen molar-refractivity contribution < 1.29 is 9.47 Å². The number of rotatable bonds is 9. The summed E-state index contributed by atoms with van der Waals surface area (Å²) < 4.78 is 10.3. The standard InChI is InChI=1S/C16H31NO2/c1-14(13-19-3)11-16(12-17-9-10-18-2)15-7-5-4-6-8-15/h11,14-15,17H,4-10,12-13H2,1-3H3. The molecular formula is C16H31NO2. The molecule has 0 aromatic heterocycles. The van der Waals surface area contributed by atoms with Crippen LogP contribution in [0.5, 0.6) is 0 Å². The number of nitrogens with one attached hydrogen (secondary N) is 1. The summed E-state index contributed by atoms with van der Waals surface area (Å²) in [5.41, 5.74) is 1.58. The molecule has 19 heavy (non-hydrogen) atoms. The summed E-state index contributed by atoms with van der Waals surface area (Å²) in [6, 6.07) is 0. The zero-order valence-electron chi connectivity index (χ0n) is 12.9. The molecule has 0 radical (unpaired) electrons. The molecule has 1 unspecified atom stereocenters. The normalized spacial score (nSPS) is 19.6. The first kappa shape index (κ1) is 16.7. The SMILES string of the molecule is COCCNCC(=CC(C)COC)C1CCCCC1. The van der Waals surface area contributed by atoms with Gasteiger partial charge in [0.15, 0.2) is 0 Å². The third-order valence-corrected chi connectivity index (χ3v) is 3.87. The zero-order chi connectivity index (χ0) is 13.9. The van der Waals surface area contributed by atoms with E-state index in [2.05, 4.69) is 18.3 Å². The summed E-state index contributed by atoms with van der Waals surface area (Å²) in [5, 5.41) is 3.50. The molecule has 1 N–H and O–H groups in total. The third-order valence-electron chi connectivity index (χ3n) is 3.87. The molecule has 0 amide bonds. The maximum atomic E-state index is 5.25. The van der Waals surface area contributed by atoms with Gasteiger partial charge < -0.3 is 14.8 Å². The molecule has 0 spiro atoms. The second kappa shape index (κ2) is 10.4. The van der Waals surface area contributed by atoms with Gasteiger partial charge in [0.2, 0.25) is 0 Å². The average Bonchev–Trinajstić information content (AvgIpc) is 2.43. The van der Waals surface area contributed by atoms with E-state index in [-0.39, 0.29) is 0 Å². The lowest BCUT2D eigenvalue weighted by Crippen LogP contribution is -2.26. The van der Waals surface area contributed by atoms with Gasteiger partial charge in [0.05, 0.1) is 13.2 Å². The number of hydrogen-bond donors (Lipinski definition) is 1. The topological polar surface area (TPSA) is 30.5 Å². The van der Waals surface area contributed by atoms with Crippen molar-refractivity contribution in [1.29, 1.82) is 0 Å². The van der Waals surface area contributed by atoms with Gasteiger partial charge in [-0.2, -0.15) is 0 Å². The first-order valence-corrected chi connectivity index (χ1v) is 7.67. The van der Waals surface area contributed by atoms with E-state index in [4.69, 9.17) is 9.47 Å². The van der Waals surface area contributed by atoms with Gasteiger partial charge in [-0.1, -0.05) is 37.8 Å². The molecule has 0 aliphatic heterocycles. The summed E-state index contributed by atoms with van der Waals surface area (Å²) in [5.74, 6) is 1.29. The Morgan fingerprint density at radius 1 is 1.21 bits per heavy atom. The van der Waals surface area contributed by atoms with Crippen molar-refractivity contribution in [2.75, 3.05) is 40.5 Å². The maximum absolute atomic E-state index is 5.25. The van der Waals surface area contributed by atoms with E-state index in [1.54, 1.807) is 19.8 Å². The van der Waals surface area contributed by atoms with Crippen LogP contribution in [0.2, 0.25) is 0 Å². The molecule has 1 fully saturated rings. The molecule has 0 aromatic rings. The Balaban J connectivity index is 2.50. The van der Waals surface area contributed by atoms with Crippen LogP contribution >= 0.6 is 0 Å². The highest BCUT2D eigenvalue weighted by molar-refractivity contribution is 5.11. The van der Waals surface area contributed by atoms with E-state index in [0.717, 1.165) is 32.2 Å². The van der Waals surface area contributed by atoms with E-state index in [1.807, 2.05) is 0 Å². The lowest BCUT2D eigenvalue weighted by atomic mass is 9.82. The fourth-order valence-corrected chi connectivity index (χ4v) is 2.90. The first-order valence-electron chi connectivity index (χ1n) is 7.67. The number of hydrogen-bond acceptors (Lipinski definition) is 3. The quantitative estimate of drug-likeness (QED) is 0.515. The minimum atomic E-state index is 0.506. The van der Waals surface area contributed by atoms with Crippen LogP contribution in [0.3, 0.4) is 0 Å². The van der Waals surface area contributed by atoms with Crippen molar-refractivity contribution in [3.05, 3.63) is 11.6 Å². The Morgan fingerprint density at radius 3 is 2.58 bits per heavy atom. The monoisotopic (exact) mass is 269 g/mol. The highest BCUT2D eigenvalue weighted by atomic mass is 16.5. The van der Waals surface area contributed by atoms with Crippen molar-refractivity contribution in [2.24, 2.45) is 11.8 Å². The van der Waals surface area contributed by atoms with Crippen LogP contribution in [0.1, 0.15) is 39.0 Å². The van der Waals surface area contributed by atoms with Crippen LogP contribution < -0.4 is 5.32 Å². The Bertz CT molecular complexity index is 247. The van der Waals surface area contributed by atoms with Crippen molar-refractivity contribution in [2.45, 2.75) is 39.0 Å². The van der Waals surface area contributed by atoms with Crippen LogP contribution in [-0.4, -0.2) is 40.5 Å². The summed E-state index contributed by atoms with van der Waals surface area (Å²) in [6.45, 7) is 5.77. The summed E-state index contributed by atoms with van der Waals surface area (Å²) in [6.07, 6.45) is 9.33. The lowest BCUT2D eigenvalue weighted by Gasteiger charge is -2.26. The van der Waals surface area contributed by atoms with Crippen LogP contribution in [0.4, 0.5) is 0 Å². The number of ether oxygens (including phenoxy) is 2. The van der Waals surface area contributed by atoms with Gasteiger partial charge in [-0.3, -0.25) is 0 Å². The molecule has 112 valence electrons. The van der Waals surface area contributed by atoms with Gasteiger partial charge in [0, 0.05) is 27.3 Å². The fourth-order valence-electron chi connectivity index (χ4n) is 2.90. The number of methoxy groups -OCH3 is 2. The molecule has 3 nitrogen and oxygen atoms in total. The van der Waals surface area contributed by atoms with Gasteiger partial charge in [-0.25, -0.2) is 0 Å². The molecule has 1 atom stereocenters. The molecular weight excluding hydrogens is 238 g/mol. The lowest BCUT2D eigenvalue weighted by molar-refractivity contribution is 0.175. The highest BCUT2D eigenvalue weighted by Crippen LogP contribution is 2.30. The molecule has 0 heterocycles. The minimum absolute atomic E-state index is 0.506. The summed E-state index contributed by atoms with van der Waals surface area (Å²) >= 11 is 0. The predicted molar refractivity (Wildman–Crippen MR) is 80.4 cm³/mol. The van der Waals surface area contributed by atoms with Gasteiger partial charge >= 0.3 is 0 Å². The van der Waals surface area contributed by atoms with Crippen LogP contribution in [0.15, 0.2) is 11.6 Å². The zero-order valence-corrected chi connectivity index (χ0v) is 12.9. The Morgan fingerprint density at radius 2 is 1.95 bits per heavy atom. The van der Waals surface area contributed by atoms with Crippen LogP contribution in [0, 0.1) is 11.8 Å². The Kier molecular flexibility index (Phi) is 9.14. The van der Waals surface area contributed by atoms with Crippen LogP contribution in [0.25, 0.3) is 0 Å². The van der Waals surface area contributed by atoms with E-state index < -0.39 is 0 Å². The first-order chi connectivity index (χ1) is 9.27. The Labute approximate surface area is 118 Å². The van der Waals surface area contributed by atoms with Crippen LogP contribution in [-0.2, 0) is 9.47 Å². The summed E-state index contributed by atoms with van der Waals surface area (Å²) in [7, 11) is 3.53. The largest absolute Gasteiger partial charge is 0.384 e. The Hall–Kier alpha value is -0.380. The van der Waals surface area contributed by atoms with Gasteiger partial charge in [-0.05, 0) is 24.7 Å². The molecule has 0 bridgehead atoms. The second-order valence-corrected chi connectivity index (χ2v) is 5.68. The maximum Gasteiger partial charge on any atom is 0.0587 e. The molecule has 1 aliphatic rings. The van der Waals surface area contributed by atoms with Gasteiger partial charge in [-0.15, -0.1) is 0 Å². The average molecular weight is 269 g/mol. The van der Waals surface area contributed by atoms with Crippen molar-refractivity contribution in [3.63, 3.8) is 0 Å². The van der Waals surface area contributed by atoms with Crippen molar-refractivity contribution in [1.82, 2.24) is 5.32 Å². The van der Waals surface area contributed by atoms with E-state index in [1.165, 1.54) is 32.1 Å². The summed E-state index contributed by atoms with van der Waals surface area (Å²) in [4.78, 5) is 0. The van der Waals surface area contributed by atoms with E-state index in [0.29, 0.717) is 5.92 Å². The fraction of sp³-hybridized carbons (Fsp3) is 0.875. The molecule has 3 heteroatoms. The molecule has 0 saturated heterocycles. The van der Waals surface area contributed by atoms with Crippen molar-refractivity contribution in [3.8, 4) is 0 Å². The van der Waals surface area contributed by atoms with E-state index >= 15 is 0 Å². The molecule has 1 aliphatic carbocycles. The third kappa shape index (κ3) is 7.09. The smallest absolute Gasteiger partial charge is 0.0587 e. The van der Waals surface area contributed by atoms with Gasteiger partial charge in [0.1, 0.15) is 0 Å². The minimum Gasteiger partial charge on any atom is -0.384 e. The highest BCUT2D eigenvalue weighted by Gasteiger charge is 2.18. The molecule has 1 rings (SSSR count). The predicted octanol–water partition coefficient (Wildman–Crippen LogP) is 3.01. The van der Waals surface area contributed by atoms with Crippen molar-refractivity contribution >= 4 is 0 Å². The van der Waals surface area contributed by atoms with E-state index in [9.17, 15) is 0 Å². The van der Waals surface area contributed by atoms with Gasteiger partial charge in [0.25, 0.3) is 0 Å².